The van der Waals surface area contributed by atoms with E-state index in [0.29, 0.717) is 13.2 Å². The van der Waals surface area contributed by atoms with Crippen molar-refractivity contribution in [3.05, 3.63) is 35.9 Å². The first-order valence-corrected chi connectivity index (χ1v) is 6.68. The lowest BCUT2D eigenvalue weighted by Crippen LogP contribution is -2.43. The van der Waals surface area contributed by atoms with Crippen LogP contribution in [-0.2, 0) is 16.1 Å². The Hall–Kier alpha value is -2.04. The molecule has 5 nitrogen and oxygen atoms in total. The highest BCUT2D eigenvalue weighted by Crippen LogP contribution is 2.15. The topological polar surface area (TPSA) is 67.4 Å². The molecule has 1 aromatic rings. The maximum absolute atomic E-state index is 11.7. The molecule has 20 heavy (non-hydrogen) atoms. The molecule has 0 radical (unpaired) electrons. The zero-order chi connectivity index (χ0) is 15.0. The Kier molecular flexibility index (Phi) is 6.03. The number of urea groups is 1. The van der Waals surface area contributed by atoms with Gasteiger partial charge < -0.3 is 15.4 Å². The summed E-state index contributed by atoms with van der Waals surface area (Å²) in [6.45, 7) is 6.25. The van der Waals surface area contributed by atoms with Crippen molar-refractivity contribution in [1.82, 2.24) is 10.6 Å². The lowest BCUT2D eigenvalue weighted by Gasteiger charge is -2.22. The highest BCUT2D eigenvalue weighted by Gasteiger charge is 2.29. The minimum Gasteiger partial charge on any atom is -0.466 e. The normalized spacial score (nSPS) is 10.8. The molecular weight excluding hydrogens is 256 g/mol. The first-order valence-electron chi connectivity index (χ1n) is 6.68. The molecule has 2 N–H and O–H groups in total. The third kappa shape index (κ3) is 5.30. The summed E-state index contributed by atoms with van der Waals surface area (Å²) in [5.41, 5.74) is 0.285. The van der Waals surface area contributed by atoms with Crippen molar-refractivity contribution in [1.29, 1.82) is 0 Å². The Morgan fingerprint density at radius 2 is 1.80 bits per heavy atom. The highest BCUT2D eigenvalue weighted by molar-refractivity contribution is 5.78. The lowest BCUT2D eigenvalue weighted by atomic mass is 9.94. The van der Waals surface area contributed by atoms with Crippen LogP contribution in [0.1, 0.15) is 26.3 Å². The number of benzene rings is 1. The summed E-state index contributed by atoms with van der Waals surface area (Å²) in [7, 11) is 0. The van der Waals surface area contributed by atoms with Crippen molar-refractivity contribution in [2.24, 2.45) is 5.41 Å². The summed E-state index contributed by atoms with van der Waals surface area (Å²) < 4.78 is 4.96. The van der Waals surface area contributed by atoms with Gasteiger partial charge in [-0.25, -0.2) is 4.79 Å². The molecule has 0 aliphatic heterocycles. The summed E-state index contributed by atoms with van der Waals surface area (Å²) in [5, 5.41) is 5.42. The fraction of sp³-hybridized carbons (Fsp3) is 0.467. The van der Waals surface area contributed by atoms with Gasteiger partial charge in [0.2, 0.25) is 0 Å². The molecule has 0 spiro atoms. The van der Waals surface area contributed by atoms with Crippen LogP contribution in [0.15, 0.2) is 30.3 Å². The molecule has 0 aliphatic carbocycles. The van der Waals surface area contributed by atoms with Crippen LogP contribution in [0.5, 0.6) is 0 Å². The van der Waals surface area contributed by atoms with Gasteiger partial charge in [-0.1, -0.05) is 30.3 Å². The average molecular weight is 278 g/mol. The van der Waals surface area contributed by atoms with Gasteiger partial charge in [0.15, 0.2) is 0 Å². The fourth-order valence-electron chi connectivity index (χ4n) is 1.54. The van der Waals surface area contributed by atoms with Gasteiger partial charge in [-0.2, -0.15) is 0 Å². The number of hydrogen-bond acceptors (Lipinski definition) is 3. The molecule has 0 saturated carbocycles. The van der Waals surface area contributed by atoms with Crippen LogP contribution in [0.25, 0.3) is 0 Å². The largest absolute Gasteiger partial charge is 0.466 e. The number of amides is 2. The summed E-state index contributed by atoms with van der Waals surface area (Å²) >= 11 is 0. The van der Waals surface area contributed by atoms with E-state index in [-0.39, 0.29) is 18.5 Å². The Balaban J connectivity index is 2.34. The molecule has 110 valence electrons. The second-order valence-electron chi connectivity index (χ2n) is 5.13. The number of ether oxygens (including phenoxy) is 1. The third-order valence-electron chi connectivity index (χ3n) is 2.81. The van der Waals surface area contributed by atoms with Gasteiger partial charge in [-0.05, 0) is 26.3 Å². The van der Waals surface area contributed by atoms with E-state index in [2.05, 4.69) is 10.6 Å². The quantitative estimate of drug-likeness (QED) is 0.783. The summed E-state index contributed by atoms with van der Waals surface area (Å²) in [4.78, 5) is 23.3. The molecule has 0 bridgehead atoms. The number of esters is 1. The summed E-state index contributed by atoms with van der Waals surface area (Å²) in [6.07, 6.45) is 0. The first kappa shape index (κ1) is 16.0. The van der Waals surface area contributed by atoms with Gasteiger partial charge in [-0.15, -0.1) is 0 Å². The molecule has 0 atom stereocenters. The van der Waals surface area contributed by atoms with Crippen LogP contribution in [-0.4, -0.2) is 25.2 Å². The van der Waals surface area contributed by atoms with E-state index in [1.807, 2.05) is 30.3 Å². The van der Waals surface area contributed by atoms with Gasteiger partial charge in [0.05, 0.1) is 12.0 Å². The van der Waals surface area contributed by atoms with Crippen LogP contribution in [0, 0.1) is 5.41 Å². The molecule has 0 unspecified atom stereocenters. The molecule has 0 fully saturated rings. The number of nitrogens with one attached hydrogen (secondary N) is 2. The first-order chi connectivity index (χ1) is 9.45. The van der Waals surface area contributed by atoms with E-state index in [4.69, 9.17) is 4.74 Å². The summed E-state index contributed by atoms with van der Waals surface area (Å²) in [5.74, 6) is -0.316. The standard InChI is InChI=1S/C15H22N2O3/c1-4-20-13(18)15(2,3)11-17-14(19)16-10-12-8-6-5-7-9-12/h5-9H,4,10-11H2,1-3H3,(H2,16,17,19). The average Bonchev–Trinajstić information content (AvgIpc) is 2.44. The summed E-state index contributed by atoms with van der Waals surface area (Å²) in [6, 6.07) is 9.32. The van der Waals surface area contributed by atoms with Crippen LogP contribution in [0.3, 0.4) is 0 Å². The zero-order valence-corrected chi connectivity index (χ0v) is 12.2. The molecular formula is C15H22N2O3. The second kappa shape index (κ2) is 7.53. The Morgan fingerprint density at radius 3 is 2.40 bits per heavy atom. The maximum atomic E-state index is 11.7. The van der Waals surface area contributed by atoms with Crippen molar-refractivity contribution in [2.75, 3.05) is 13.2 Å². The molecule has 5 heteroatoms. The number of carbonyl (C=O) groups is 2. The predicted molar refractivity (Wildman–Crippen MR) is 77.1 cm³/mol. The van der Waals surface area contributed by atoms with Crippen molar-refractivity contribution in [3.63, 3.8) is 0 Å². The number of carbonyl (C=O) groups excluding carboxylic acids is 2. The number of hydrogen-bond donors (Lipinski definition) is 2. The van der Waals surface area contributed by atoms with Crippen molar-refractivity contribution in [2.45, 2.75) is 27.3 Å². The molecule has 0 aromatic heterocycles. The Bertz CT molecular complexity index is 444. The van der Waals surface area contributed by atoms with Gasteiger partial charge in [0.25, 0.3) is 0 Å². The van der Waals surface area contributed by atoms with E-state index in [9.17, 15) is 9.59 Å². The van der Waals surface area contributed by atoms with Crippen LogP contribution < -0.4 is 10.6 Å². The maximum Gasteiger partial charge on any atom is 0.315 e. The molecule has 1 rings (SSSR count). The molecule has 0 aliphatic rings. The zero-order valence-electron chi connectivity index (χ0n) is 12.2. The van der Waals surface area contributed by atoms with Crippen LogP contribution in [0.2, 0.25) is 0 Å². The minimum absolute atomic E-state index is 0.229. The predicted octanol–water partition coefficient (Wildman–Crippen LogP) is 2.08. The van der Waals surface area contributed by atoms with Crippen LogP contribution >= 0.6 is 0 Å². The van der Waals surface area contributed by atoms with Crippen LogP contribution in [0.4, 0.5) is 4.79 Å². The Labute approximate surface area is 119 Å². The second-order valence-corrected chi connectivity index (χ2v) is 5.13. The third-order valence-corrected chi connectivity index (χ3v) is 2.81. The smallest absolute Gasteiger partial charge is 0.315 e. The number of rotatable bonds is 6. The Morgan fingerprint density at radius 1 is 1.15 bits per heavy atom. The molecule has 2 amide bonds. The van der Waals surface area contributed by atoms with E-state index in [1.165, 1.54) is 0 Å². The van der Waals surface area contributed by atoms with Gasteiger partial charge >= 0.3 is 12.0 Å². The van der Waals surface area contributed by atoms with E-state index >= 15 is 0 Å². The van der Waals surface area contributed by atoms with Crippen molar-refractivity contribution < 1.29 is 14.3 Å². The van der Waals surface area contributed by atoms with Crippen molar-refractivity contribution >= 4 is 12.0 Å². The van der Waals surface area contributed by atoms with E-state index in [1.54, 1.807) is 20.8 Å². The highest BCUT2D eigenvalue weighted by atomic mass is 16.5. The molecule has 1 aromatic carbocycles. The van der Waals surface area contributed by atoms with Gasteiger partial charge in [0, 0.05) is 13.1 Å². The van der Waals surface area contributed by atoms with E-state index in [0.717, 1.165) is 5.56 Å². The molecule has 0 heterocycles. The van der Waals surface area contributed by atoms with Gasteiger partial charge in [-0.3, -0.25) is 4.79 Å². The lowest BCUT2D eigenvalue weighted by molar-refractivity contribution is -0.152. The minimum atomic E-state index is -0.736. The van der Waals surface area contributed by atoms with E-state index < -0.39 is 5.41 Å². The van der Waals surface area contributed by atoms with Crippen molar-refractivity contribution in [3.8, 4) is 0 Å². The SMILES string of the molecule is CCOC(=O)C(C)(C)CNC(=O)NCc1ccccc1. The molecule has 0 saturated heterocycles. The fourth-order valence-corrected chi connectivity index (χ4v) is 1.54. The monoisotopic (exact) mass is 278 g/mol. The van der Waals surface area contributed by atoms with Gasteiger partial charge in [0.1, 0.15) is 0 Å².